The predicted molar refractivity (Wildman–Crippen MR) is 163 cm³/mol. The Hall–Kier alpha value is -3.89. The molecule has 4 aromatic carbocycles. The zero-order chi connectivity index (χ0) is 25.8. The van der Waals surface area contributed by atoms with E-state index in [1.165, 1.54) is 28.3 Å². The largest absolute Gasteiger partial charge is 0.327 e. The first-order valence-corrected chi connectivity index (χ1v) is 14.8. The first kappa shape index (κ1) is 26.2. The lowest BCUT2D eigenvalue weighted by Gasteiger charge is -2.36. The molecule has 0 amide bonds. The Morgan fingerprint density at radius 1 is 0.757 bits per heavy atom. The van der Waals surface area contributed by atoms with Gasteiger partial charge in [-0.3, -0.25) is 0 Å². The van der Waals surface area contributed by atoms with Crippen molar-refractivity contribution in [2.24, 2.45) is 0 Å². The number of nitrogens with zero attached hydrogens (tertiary/aromatic N) is 2. The molecule has 0 aliphatic rings. The average molecular weight is 499 g/mol. The second-order valence-corrected chi connectivity index (χ2v) is 11.5. The van der Waals surface area contributed by atoms with Crippen LogP contribution in [-0.4, -0.2) is 26.9 Å². The standard InChI is InChI=1S/C20H22N2Si.C13H13B/c1-2-3-16-23-20(22-15-14-21-17-22,18-10-6-4-7-11-18)19-12-8-5-9-13-19;14-13(11-7-3-1-4-8-11)12-9-5-2-6-10-12/h2,4-15,17H,1,3,16,23H2;1-10,13H,14H2. The van der Waals surface area contributed by atoms with Crippen LogP contribution in [0.4, 0.5) is 0 Å². The lowest BCUT2D eigenvalue weighted by Crippen LogP contribution is -2.41. The topological polar surface area (TPSA) is 17.8 Å². The first-order valence-electron chi connectivity index (χ1n) is 13.1. The highest BCUT2D eigenvalue weighted by Gasteiger charge is 2.35. The van der Waals surface area contributed by atoms with E-state index in [2.05, 4.69) is 152 Å². The van der Waals surface area contributed by atoms with E-state index in [0.717, 1.165) is 6.42 Å². The van der Waals surface area contributed by atoms with E-state index >= 15 is 0 Å². The van der Waals surface area contributed by atoms with E-state index in [0.29, 0.717) is 5.82 Å². The summed E-state index contributed by atoms with van der Waals surface area (Å²) in [6, 6.07) is 44.1. The van der Waals surface area contributed by atoms with Crippen molar-refractivity contribution in [1.29, 1.82) is 0 Å². The van der Waals surface area contributed by atoms with Crippen molar-refractivity contribution in [3.8, 4) is 0 Å². The zero-order valence-corrected chi connectivity index (χ0v) is 23.1. The monoisotopic (exact) mass is 498 g/mol. The fourth-order valence-electron chi connectivity index (χ4n) is 4.97. The van der Waals surface area contributed by atoms with E-state index in [1.54, 1.807) is 0 Å². The van der Waals surface area contributed by atoms with Crippen LogP contribution in [0.25, 0.3) is 0 Å². The fraction of sp³-hybridized carbons (Fsp3) is 0.121. The smallest absolute Gasteiger partial charge is 0.116 e. The number of aromatic nitrogens is 2. The fourth-order valence-corrected chi connectivity index (χ4v) is 7.47. The molecule has 0 atom stereocenters. The van der Waals surface area contributed by atoms with Crippen molar-refractivity contribution in [1.82, 2.24) is 9.55 Å². The van der Waals surface area contributed by atoms with Crippen molar-refractivity contribution in [2.75, 3.05) is 0 Å². The van der Waals surface area contributed by atoms with Gasteiger partial charge in [0.15, 0.2) is 0 Å². The molecule has 0 aliphatic carbocycles. The van der Waals surface area contributed by atoms with Crippen LogP contribution in [0.2, 0.25) is 6.04 Å². The van der Waals surface area contributed by atoms with Crippen LogP contribution in [-0.2, 0) is 5.16 Å². The molecule has 37 heavy (non-hydrogen) atoms. The normalized spacial score (nSPS) is 11.3. The highest BCUT2D eigenvalue weighted by Crippen LogP contribution is 2.34. The van der Waals surface area contributed by atoms with Gasteiger partial charge in [0.25, 0.3) is 0 Å². The Balaban J connectivity index is 0.000000195. The minimum atomic E-state index is -0.506. The van der Waals surface area contributed by atoms with Crippen molar-refractivity contribution >= 4 is 17.4 Å². The zero-order valence-electron chi connectivity index (χ0n) is 21.7. The molecule has 0 N–H and O–H groups in total. The van der Waals surface area contributed by atoms with Crippen LogP contribution in [0.15, 0.2) is 153 Å². The summed E-state index contributed by atoms with van der Waals surface area (Å²) in [4.78, 5) is 4.33. The van der Waals surface area contributed by atoms with Gasteiger partial charge in [-0.05, 0) is 34.5 Å². The second-order valence-electron chi connectivity index (χ2n) is 9.29. The van der Waals surface area contributed by atoms with Crippen molar-refractivity contribution in [3.05, 3.63) is 175 Å². The van der Waals surface area contributed by atoms with Gasteiger partial charge >= 0.3 is 0 Å². The summed E-state index contributed by atoms with van der Waals surface area (Å²) in [5.41, 5.74) is 5.44. The Kier molecular flexibility index (Phi) is 9.50. The van der Waals surface area contributed by atoms with E-state index < -0.39 is 9.52 Å². The highest BCUT2D eigenvalue weighted by atomic mass is 28.2. The van der Waals surface area contributed by atoms with Gasteiger partial charge in [0, 0.05) is 12.4 Å². The van der Waals surface area contributed by atoms with Crippen LogP contribution in [0.3, 0.4) is 0 Å². The third-order valence-electron chi connectivity index (χ3n) is 6.99. The molecule has 1 heterocycles. The quantitative estimate of drug-likeness (QED) is 0.134. The molecule has 2 nitrogen and oxygen atoms in total. The number of hydrogen-bond acceptors (Lipinski definition) is 1. The summed E-state index contributed by atoms with van der Waals surface area (Å²) in [6.45, 7) is 3.89. The summed E-state index contributed by atoms with van der Waals surface area (Å²) in [6.07, 6.45) is 9.04. The summed E-state index contributed by atoms with van der Waals surface area (Å²) in [5, 5.41) is -0.0952. The number of rotatable bonds is 9. The summed E-state index contributed by atoms with van der Waals surface area (Å²) >= 11 is 0. The Morgan fingerprint density at radius 3 is 1.62 bits per heavy atom. The third kappa shape index (κ3) is 6.46. The lowest BCUT2D eigenvalue weighted by molar-refractivity contribution is 0.590. The number of hydrogen-bond donors (Lipinski definition) is 0. The van der Waals surface area contributed by atoms with Crippen molar-refractivity contribution < 1.29 is 0 Å². The molecule has 184 valence electrons. The Labute approximate surface area is 225 Å². The maximum absolute atomic E-state index is 4.33. The van der Waals surface area contributed by atoms with Crippen LogP contribution in [0.1, 0.15) is 34.5 Å². The van der Waals surface area contributed by atoms with Gasteiger partial charge in [0.05, 0.1) is 21.0 Å². The molecule has 0 aliphatic heterocycles. The van der Waals surface area contributed by atoms with Crippen LogP contribution < -0.4 is 0 Å². The summed E-state index contributed by atoms with van der Waals surface area (Å²) < 4.78 is 2.30. The Bertz CT molecular complexity index is 1230. The molecule has 0 fully saturated rings. The van der Waals surface area contributed by atoms with E-state index in [9.17, 15) is 0 Å². The molecule has 0 radical (unpaired) electrons. The second kappa shape index (κ2) is 13.4. The van der Waals surface area contributed by atoms with Gasteiger partial charge in [0.2, 0.25) is 0 Å². The van der Waals surface area contributed by atoms with Crippen LogP contribution in [0, 0.1) is 0 Å². The van der Waals surface area contributed by atoms with Gasteiger partial charge in [0.1, 0.15) is 7.85 Å². The van der Waals surface area contributed by atoms with Gasteiger partial charge in [-0.15, -0.1) is 6.58 Å². The maximum atomic E-state index is 4.33. The number of allylic oxidation sites excluding steroid dienone is 1. The molecule has 0 spiro atoms. The van der Waals surface area contributed by atoms with E-state index in [-0.39, 0.29) is 5.16 Å². The van der Waals surface area contributed by atoms with Gasteiger partial charge < -0.3 is 4.57 Å². The lowest BCUT2D eigenvalue weighted by atomic mass is 9.76. The molecular weight excluding hydrogens is 463 g/mol. The molecule has 0 bridgehead atoms. The number of imidazole rings is 1. The minimum Gasteiger partial charge on any atom is -0.327 e. The van der Waals surface area contributed by atoms with Crippen LogP contribution in [0.5, 0.6) is 0 Å². The average Bonchev–Trinajstić information content (AvgIpc) is 3.53. The van der Waals surface area contributed by atoms with Crippen molar-refractivity contribution in [2.45, 2.75) is 23.4 Å². The van der Waals surface area contributed by atoms with Gasteiger partial charge in [-0.25, -0.2) is 4.98 Å². The third-order valence-corrected chi connectivity index (χ3v) is 9.66. The minimum absolute atomic E-state index is 0.0952. The highest BCUT2D eigenvalue weighted by molar-refractivity contribution is 6.41. The summed E-state index contributed by atoms with van der Waals surface area (Å²) in [7, 11) is 1.73. The first-order chi connectivity index (χ1) is 18.3. The SMILES string of the molecule is BC(c1ccccc1)c1ccccc1.C=CCC[SiH2]C(c1ccccc1)(c1ccccc1)n1ccnc1. The molecule has 0 saturated carbocycles. The molecule has 5 aromatic rings. The maximum Gasteiger partial charge on any atom is 0.116 e. The van der Waals surface area contributed by atoms with Gasteiger partial charge in [-0.1, -0.05) is 133 Å². The molecule has 5 rings (SSSR count). The Morgan fingerprint density at radius 2 is 1.22 bits per heavy atom. The molecule has 0 saturated heterocycles. The molecule has 4 heteroatoms. The van der Waals surface area contributed by atoms with Crippen LogP contribution >= 0.6 is 0 Å². The van der Waals surface area contributed by atoms with Gasteiger partial charge in [-0.2, -0.15) is 0 Å². The predicted octanol–water partition coefficient (Wildman–Crippen LogP) is 6.20. The summed E-state index contributed by atoms with van der Waals surface area (Å²) in [5.74, 6) is 0.484. The molecule has 1 aromatic heterocycles. The molecule has 0 unspecified atom stereocenters. The molecular formula is C33H35BN2Si. The number of benzene rings is 4. The van der Waals surface area contributed by atoms with Crippen molar-refractivity contribution in [3.63, 3.8) is 0 Å². The van der Waals surface area contributed by atoms with E-state index in [1.807, 2.05) is 18.6 Å². The van der Waals surface area contributed by atoms with E-state index in [4.69, 9.17) is 0 Å².